The van der Waals surface area contributed by atoms with Crippen LogP contribution in [0.15, 0.2) is 18.3 Å². The molecular weight excluding hydrogens is 194 g/mol. The molecule has 0 saturated heterocycles. The second kappa shape index (κ2) is 6.72. The fraction of sp³-hybridized carbons (Fsp3) is 0.444. The maximum atomic E-state index is 10.8. The van der Waals surface area contributed by atoms with Crippen LogP contribution in [0.3, 0.4) is 0 Å². The minimum Gasteiger partial charge on any atom is -0.341 e. The van der Waals surface area contributed by atoms with Crippen LogP contribution in [0.2, 0.25) is 0 Å². The molecule has 0 aliphatic rings. The molecular formula is C9H15N5O. The van der Waals surface area contributed by atoms with Crippen LogP contribution in [0.1, 0.15) is 5.69 Å². The minimum absolute atomic E-state index is 0.170. The third kappa shape index (κ3) is 4.92. The van der Waals surface area contributed by atoms with Crippen molar-refractivity contribution in [3.8, 4) is 0 Å². The molecule has 15 heavy (non-hydrogen) atoms. The number of hydrogen-bond donors (Lipinski definition) is 3. The summed E-state index contributed by atoms with van der Waals surface area (Å²) in [5, 5.41) is 16.0. The zero-order chi connectivity index (χ0) is 10.9. The molecule has 2 amide bonds. The Labute approximate surface area is 88.5 Å². The van der Waals surface area contributed by atoms with Gasteiger partial charge in [0.2, 0.25) is 0 Å². The van der Waals surface area contributed by atoms with Gasteiger partial charge in [-0.3, -0.25) is 0 Å². The smallest absolute Gasteiger partial charge is 0.314 e. The Morgan fingerprint density at radius 1 is 1.47 bits per heavy atom. The highest BCUT2D eigenvalue weighted by Crippen LogP contribution is 1.88. The van der Waals surface area contributed by atoms with E-state index < -0.39 is 0 Å². The summed E-state index contributed by atoms with van der Waals surface area (Å²) in [7, 11) is 1.59. The summed E-state index contributed by atoms with van der Waals surface area (Å²) in [6.07, 6.45) is 1.64. The van der Waals surface area contributed by atoms with Gasteiger partial charge in [-0.15, -0.1) is 0 Å². The third-order valence-corrected chi connectivity index (χ3v) is 1.75. The lowest BCUT2D eigenvalue weighted by Crippen LogP contribution is -2.37. The number of hydrogen-bond acceptors (Lipinski definition) is 4. The van der Waals surface area contributed by atoms with E-state index in [1.54, 1.807) is 13.2 Å². The fourth-order valence-corrected chi connectivity index (χ4v) is 0.997. The normalized spacial score (nSPS) is 9.67. The molecule has 0 aromatic carbocycles. The number of amides is 2. The van der Waals surface area contributed by atoms with Gasteiger partial charge in [0, 0.05) is 32.9 Å². The van der Waals surface area contributed by atoms with Gasteiger partial charge in [0.1, 0.15) is 0 Å². The highest BCUT2D eigenvalue weighted by Gasteiger charge is 1.95. The lowest BCUT2D eigenvalue weighted by Gasteiger charge is -2.05. The molecule has 1 rings (SSSR count). The molecule has 0 bridgehead atoms. The third-order valence-electron chi connectivity index (χ3n) is 1.75. The quantitative estimate of drug-likeness (QED) is 0.571. The van der Waals surface area contributed by atoms with E-state index >= 15 is 0 Å². The minimum atomic E-state index is -0.170. The van der Waals surface area contributed by atoms with E-state index in [1.165, 1.54) is 0 Å². The summed E-state index contributed by atoms with van der Waals surface area (Å²) < 4.78 is 0. The molecule has 0 unspecified atom stereocenters. The number of nitrogens with one attached hydrogen (secondary N) is 3. The van der Waals surface area contributed by atoms with Crippen LogP contribution in [0.4, 0.5) is 4.79 Å². The van der Waals surface area contributed by atoms with E-state index in [1.807, 2.05) is 12.1 Å². The van der Waals surface area contributed by atoms with Crippen molar-refractivity contribution in [2.24, 2.45) is 0 Å². The molecule has 3 N–H and O–H groups in total. The first-order valence-electron chi connectivity index (χ1n) is 4.76. The molecule has 6 heteroatoms. The van der Waals surface area contributed by atoms with E-state index in [0.717, 1.165) is 5.69 Å². The molecule has 0 aliphatic carbocycles. The first-order chi connectivity index (χ1) is 7.33. The Bertz CT molecular complexity index is 290. The van der Waals surface area contributed by atoms with Crippen LogP contribution in [-0.4, -0.2) is 36.4 Å². The highest BCUT2D eigenvalue weighted by molar-refractivity contribution is 5.73. The number of urea groups is 1. The van der Waals surface area contributed by atoms with Crippen molar-refractivity contribution in [1.82, 2.24) is 26.1 Å². The Kier molecular flexibility index (Phi) is 5.10. The Hall–Kier alpha value is -1.69. The molecule has 0 fully saturated rings. The van der Waals surface area contributed by atoms with Crippen LogP contribution >= 0.6 is 0 Å². The number of aromatic nitrogens is 2. The zero-order valence-corrected chi connectivity index (χ0v) is 8.66. The predicted molar refractivity (Wildman–Crippen MR) is 56.2 cm³/mol. The summed E-state index contributed by atoms with van der Waals surface area (Å²) >= 11 is 0. The topological polar surface area (TPSA) is 78.9 Å². The standard InChI is InChI=1S/C9H15N5O/c1-10-9(15)12-6-5-11-7-8-3-2-4-13-14-8/h2-4,11H,5-7H2,1H3,(H2,10,12,15). The van der Waals surface area contributed by atoms with Crippen molar-refractivity contribution in [2.45, 2.75) is 6.54 Å². The highest BCUT2D eigenvalue weighted by atomic mass is 16.2. The van der Waals surface area contributed by atoms with Crippen LogP contribution in [0.5, 0.6) is 0 Å². The number of rotatable bonds is 5. The summed E-state index contributed by atoms with van der Waals surface area (Å²) in [6, 6.07) is 3.57. The largest absolute Gasteiger partial charge is 0.341 e. The second-order valence-corrected chi connectivity index (χ2v) is 2.90. The van der Waals surface area contributed by atoms with Crippen LogP contribution in [0.25, 0.3) is 0 Å². The molecule has 82 valence electrons. The van der Waals surface area contributed by atoms with E-state index in [9.17, 15) is 4.79 Å². The summed E-state index contributed by atoms with van der Waals surface area (Å²) in [5.74, 6) is 0. The van der Waals surface area contributed by atoms with Crippen molar-refractivity contribution in [3.05, 3.63) is 24.0 Å². The first kappa shape index (κ1) is 11.4. The predicted octanol–water partition coefficient (Wildman–Crippen LogP) is -0.505. The van der Waals surface area contributed by atoms with E-state index in [2.05, 4.69) is 26.1 Å². The van der Waals surface area contributed by atoms with Gasteiger partial charge in [-0.2, -0.15) is 10.2 Å². The summed E-state index contributed by atoms with van der Waals surface area (Å²) in [5.41, 5.74) is 0.887. The lowest BCUT2D eigenvalue weighted by molar-refractivity contribution is 0.243. The van der Waals surface area contributed by atoms with Crippen molar-refractivity contribution in [2.75, 3.05) is 20.1 Å². The van der Waals surface area contributed by atoms with Gasteiger partial charge >= 0.3 is 6.03 Å². The van der Waals surface area contributed by atoms with Crippen molar-refractivity contribution < 1.29 is 4.79 Å². The zero-order valence-electron chi connectivity index (χ0n) is 8.66. The molecule has 1 aromatic heterocycles. The van der Waals surface area contributed by atoms with E-state index in [0.29, 0.717) is 19.6 Å². The van der Waals surface area contributed by atoms with Crippen molar-refractivity contribution in [1.29, 1.82) is 0 Å². The first-order valence-corrected chi connectivity index (χ1v) is 4.76. The van der Waals surface area contributed by atoms with Crippen LogP contribution in [-0.2, 0) is 6.54 Å². The van der Waals surface area contributed by atoms with E-state index in [4.69, 9.17) is 0 Å². The molecule has 0 aliphatic heterocycles. The SMILES string of the molecule is CNC(=O)NCCNCc1cccnn1. The molecule has 1 aromatic rings. The average molecular weight is 209 g/mol. The van der Waals surface area contributed by atoms with Gasteiger partial charge in [-0.05, 0) is 12.1 Å². The van der Waals surface area contributed by atoms with E-state index in [-0.39, 0.29) is 6.03 Å². The molecule has 0 radical (unpaired) electrons. The van der Waals surface area contributed by atoms with Crippen LogP contribution in [0, 0.1) is 0 Å². The van der Waals surface area contributed by atoms with Gasteiger partial charge < -0.3 is 16.0 Å². The van der Waals surface area contributed by atoms with Crippen LogP contribution < -0.4 is 16.0 Å². The summed E-state index contributed by atoms with van der Waals surface area (Å²) in [6.45, 7) is 1.94. The second-order valence-electron chi connectivity index (χ2n) is 2.90. The molecule has 6 nitrogen and oxygen atoms in total. The molecule has 0 atom stereocenters. The fourth-order valence-electron chi connectivity index (χ4n) is 0.997. The van der Waals surface area contributed by atoms with Gasteiger partial charge in [-0.25, -0.2) is 4.79 Å². The van der Waals surface area contributed by atoms with Gasteiger partial charge in [0.25, 0.3) is 0 Å². The number of carbonyl (C=O) groups excluding carboxylic acids is 1. The van der Waals surface area contributed by atoms with Gasteiger partial charge in [0.15, 0.2) is 0 Å². The summed E-state index contributed by atoms with van der Waals surface area (Å²) in [4.78, 5) is 10.8. The van der Waals surface area contributed by atoms with Crippen molar-refractivity contribution in [3.63, 3.8) is 0 Å². The lowest BCUT2D eigenvalue weighted by atomic mass is 10.4. The maximum Gasteiger partial charge on any atom is 0.314 e. The number of nitrogens with zero attached hydrogens (tertiary/aromatic N) is 2. The maximum absolute atomic E-state index is 10.8. The number of carbonyl (C=O) groups is 1. The molecule has 0 saturated carbocycles. The van der Waals surface area contributed by atoms with Gasteiger partial charge in [0.05, 0.1) is 5.69 Å². The molecule has 0 spiro atoms. The Morgan fingerprint density at radius 2 is 2.33 bits per heavy atom. The monoisotopic (exact) mass is 209 g/mol. The Morgan fingerprint density at radius 3 is 3.00 bits per heavy atom. The average Bonchev–Trinajstić information content (AvgIpc) is 2.29. The Balaban J connectivity index is 2.05. The van der Waals surface area contributed by atoms with Crippen molar-refractivity contribution >= 4 is 6.03 Å². The van der Waals surface area contributed by atoms with Gasteiger partial charge in [-0.1, -0.05) is 0 Å². The molecule has 1 heterocycles.